The number of carbonyl (C=O) groups is 1. The molecule has 4 nitrogen and oxygen atoms in total. The maximum Gasteiger partial charge on any atom is 0.335 e. The molecule has 0 unspecified atom stereocenters. The maximum atomic E-state index is 13.3. The van der Waals surface area contributed by atoms with E-state index in [1.807, 2.05) is 12.1 Å². The molecule has 1 aromatic rings. The van der Waals surface area contributed by atoms with Crippen molar-refractivity contribution in [2.75, 3.05) is 6.61 Å². The van der Waals surface area contributed by atoms with Gasteiger partial charge in [-0.15, -0.1) is 0 Å². The van der Waals surface area contributed by atoms with E-state index < -0.39 is 26.3 Å². The molecule has 1 aromatic carbocycles. The molecule has 2 atom stereocenters. The lowest BCUT2D eigenvalue weighted by atomic mass is 9.99. The van der Waals surface area contributed by atoms with Crippen LogP contribution in [0.2, 0.25) is 5.02 Å². The van der Waals surface area contributed by atoms with Crippen molar-refractivity contribution >= 4 is 27.4 Å². The largest absolute Gasteiger partial charge is 0.463 e. The van der Waals surface area contributed by atoms with Gasteiger partial charge in [0.2, 0.25) is 0 Å². The standard InChI is InChI=1S/C18H21ClO4S/c1-2-23-18(20)13-7-3-4-9-15(13)24(21,22)16-11-10-12-6-5-8-14(19)17(12)16/h5-8,15-16H,2-4,9-11H2,1H3/t15-,16+/m1/s1. The molecule has 3 rings (SSSR count). The third-order valence-electron chi connectivity index (χ3n) is 4.83. The highest BCUT2D eigenvalue weighted by Gasteiger charge is 2.43. The molecular formula is C18H21ClO4S. The Bertz CT molecular complexity index is 782. The maximum absolute atomic E-state index is 13.3. The molecule has 0 spiro atoms. The van der Waals surface area contributed by atoms with Crippen LogP contribution in [0.15, 0.2) is 29.8 Å². The van der Waals surface area contributed by atoms with Gasteiger partial charge in [0.1, 0.15) is 0 Å². The van der Waals surface area contributed by atoms with Crippen LogP contribution in [-0.2, 0) is 25.8 Å². The number of carbonyl (C=O) groups excluding carboxylic acids is 1. The van der Waals surface area contributed by atoms with Gasteiger partial charge in [0.15, 0.2) is 9.84 Å². The molecule has 0 radical (unpaired) electrons. The third kappa shape index (κ3) is 3.00. The van der Waals surface area contributed by atoms with Crippen molar-refractivity contribution in [3.8, 4) is 0 Å². The van der Waals surface area contributed by atoms with E-state index in [-0.39, 0.29) is 6.61 Å². The van der Waals surface area contributed by atoms with Crippen molar-refractivity contribution < 1.29 is 17.9 Å². The number of hydrogen-bond acceptors (Lipinski definition) is 4. The Morgan fingerprint density at radius 2 is 2.08 bits per heavy atom. The summed E-state index contributed by atoms with van der Waals surface area (Å²) in [4.78, 5) is 12.2. The number of aryl methyl sites for hydroxylation is 1. The van der Waals surface area contributed by atoms with Gasteiger partial charge in [-0.3, -0.25) is 0 Å². The van der Waals surface area contributed by atoms with Crippen LogP contribution >= 0.6 is 11.6 Å². The minimum atomic E-state index is -3.56. The SMILES string of the molecule is CCOC(=O)C1=CCCC[C@H]1S(=O)(=O)[C@H]1CCc2cccc(Cl)c21. The molecule has 0 bridgehead atoms. The van der Waals surface area contributed by atoms with Gasteiger partial charge in [0, 0.05) is 5.02 Å². The van der Waals surface area contributed by atoms with Crippen LogP contribution in [0.25, 0.3) is 0 Å². The van der Waals surface area contributed by atoms with Crippen LogP contribution in [0, 0.1) is 0 Å². The second-order valence-corrected chi connectivity index (χ2v) is 8.95. The van der Waals surface area contributed by atoms with Gasteiger partial charge in [0.25, 0.3) is 0 Å². The molecule has 0 amide bonds. The molecule has 2 aliphatic rings. The molecular weight excluding hydrogens is 348 g/mol. The van der Waals surface area contributed by atoms with E-state index >= 15 is 0 Å². The second-order valence-electron chi connectivity index (χ2n) is 6.23. The summed E-state index contributed by atoms with van der Waals surface area (Å²) in [5.74, 6) is -0.511. The number of sulfone groups is 1. The Morgan fingerprint density at radius 1 is 1.29 bits per heavy atom. The lowest BCUT2D eigenvalue weighted by Crippen LogP contribution is -2.33. The van der Waals surface area contributed by atoms with Gasteiger partial charge in [-0.05, 0) is 56.2 Å². The summed E-state index contributed by atoms with van der Waals surface area (Å²) >= 11 is 6.29. The van der Waals surface area contributed by atoms with Crippen LogP contribution in [0.3, 0.4) is 0 Å². The highest BCUT2D eigenvalue weighted by molar-refractivity contribution is 7.92. The van der Waals surface area contributed by atoms with Gasteiger partial charge in [-0.25, -0.2) is 13.2 Å². The number of rotatable bonds is 4. The number of fused-ring (bicyclic) bond motifs is 1. The molecule has 2 aliphatic carbocycles. The topological polar surface area (TPSA) is 60.4 Å². The van der Waals surface area contributed by atoms with Gasteiger partial charge >= 0.3 is 5.97 Å². The second kappa shape index (κ2) is 6.89. The van der Waals surface area contributed by atoms with E-state index in [0.717, 1.165) is 12.0 Å². The van der Waals surface area contributed by atoms with Crippen molar-refractivity contribution in [1.29, 1.82) is 0 Å². The molecule has 0 saturated heterocycles. The molecule has 24 heavy (non-hydrogen) atoms. The van der Waals surface area contributed by atoms with Crippen molar-refractivity contribution in [3.63, 3.8) is 0 Å². The zero-order valence-electron chi connectivity index (χ0n) is 13.6. The minimum absolute atomic E-state index is 0.237. The van der Waals surface area contributed by atoms with Crippen LogP contribution in [0.5, 0.6) is 0 Å². The Hall–Kier alpha value is -1.33. The summed E-state index contributed by atoms with van der Waals surface area (Å²) in [7, 11) is -3.56. The molecule has 0 heterocycles. The Kier molecular flexibility index (Phi) is 5.02. The number of esters is 1. The van der Waals surface area contributed by atoms with Crippen molar-refractivity contribution in [2.45, 2.75) is 49.5 Å². The van der Waals surface area contributed by atoms with Crippen LogP contribution in [0.1, 0.15) is 49.0 Å². The highest BCUT2D eigenvalue weighted by Crippen LogP contribution is 2.45. The predicted molar refractivity (Wildman–Crippen MR) is 93.8 cm³/mol. The fraction of sp³-hybridized carbons (Fsp3) is 0.500. The summed E-state index contributed by atoms with van der Waals surface area (Å²) < 4.78 is 31.7. The minimum Gasteiger partial charge on any atom is -0.463 e. The number of allylic oxidation sites excluding steroid dienone is 1. The monoisotopic (exact) mass is 368 g/mol. The van der Waals surface area contributed by atoms with E-state index in [1.165, 1.54) is 0 Å². The first kappa shape index (κ1) is 17.5. The Balaban J connectivity index is 1.98. The van der Waals surface area contributed by atoms with Crippen LogP contribution < -0.4 is 0 Å². The zero-order chi connectivity index (χ0) is 17.3. The molecule has 0 aliphatic heterocycles. The van der Waals surface area contributed by atoms with E-state index in [9.17, 15) is 13.2 Å². The number of halogens is 1. The van der Waals surface area contributed by atoms with E-state index in [0.29, 0.717) is 41.8 Å². The first-order valence-electron chi connectivity index (χ1n) is 8.34. The average Bonchev–Trinajstić information content (AvgIpc) is 3.01. The molecule has 0 fully saturated rings. The zero-order valence-corrected chi connectivity index (χ0v) is 15.2. The summed E-state index contributed by atoms with van der Waals surface area (Å²) in [5.41, 5.74) is 2.00. The Labute approximate surface area is 147 Å². The van der Waals surface area contributed by atoms with Crippen molar-refractivity contribution in [1.82, 2.24) is 0 Å². The van der Waals surface area contributed by atoms with Crippen molar-refractivity contribution in [2.24, 2.45) is 0 Å². The first-order chi connectivity index (χ1) is 11.5. The molecule has 0 aromatic heterocycles. The summed E-state index contributed by atoms with van der Waals surface area (Å²) in [5, 5.41) is -0.935. The highest BCUT2D eigenvalue weighted by atomic mass is 35.5. The average molecular weight is 369 g/mol. The molecule has 0 saturated carbocycles. The molecule has 130 valence electrons. The molecule has 0 N–H and O–H groups in total. The van der Waals surface area contributed by atoms with Crippen molar-refractivity contribution in [3.05, 3.63) is 46.0 Å². The fourth-order valence-electron chi connectivity index (χ4n) is 3.74. The number of benzene rings is 1. The smallest absolute Gasteiger partial charge is 0.335 e. The van der Waals surface area contributed by atoms with Gasteiger partial charge in [-0.1, -0.05) is 29.8 Å². The van der Waals surface area contributed by atoms with E-state index in [4.69, 9.17) is 16.3 Å². The lowest BCUT2D eigenvalue weighted by Gasteiger charge is -2.26. The van der Waals surface area contributed by atoms with Crippen LogP contribution in [0.4, 0.5) is 0 Å². The normalized spacial score (nSPS) is 23.5. The number of hydrogen-bond donors (Lipinski definition) is 0. The fourth-order valence-corrected chi connectivity index (χ4v) is 6.62. The van der Waals surface area contributed by atoms with Crippen LogP contribution in [-0.4, -0.2) is 26.2 Å². The lowest BCUT2D eigenvalue weighted by molar-refractivity contribution is -0.138. The van der Waals surface area contributed by atoms with Gasteiger partial charge in [0.05, 0.1) is 22.7 Å². The first-order valence-corrected chi connectivity index (χ1v) is 10.3. The van der Waals surface area contributed by atoms with Gasteiger partial charge in [-0.2, -0.15) is 0 Å². The summed E-state index contributed by atoms with van der Waals surface area (Å²) in [6.45, 7) is 1.96. The predicted octanol–water partition coefficient (Wildman–Crippen LogP) is 3.78. The van der Waals surface area contributed by atoms with E-state index in [2.05, 4.69) is 0 Å². The summed E-state index contributed by atoms with van der Waals surface area (Å²) in [6.07, 6.45) is 4.88. The molecule has 6 heteroatoms. The number of ether oxygens (including phenoxy) is 1. The third-order valence-corrected chi connectivity index (χ3v) is 7.70. The van der Waals surface area contributed by atoms with Gasteiger partial charge < -0.3 is 4.74 Å². The summed E-state index contributed by atoms with van der Waals surface area (Å²) in [6, 6.07) is 5.51. The quantitative estimate of drug-likeness (QED) is 0.759. The van der Waals surface area contributed by atoms with E-state index in [1.54, 1.807) is 19.1 Å². The Morgan fingerprint density at radius 3 is 2.83 bits per heavy atom.